The van der Waals surface area contributed by atoms with Gasteiger partial charge in [0.15, 0.2) is 11.5 Å². The Labute approximate surface area is 151 Å². The zero-order chi connectivity index (χ0) is 19.3. The summed E-state index contributed by atoms with van der Waals surface area (Å²) in [5, 5.41) is 11.0. The van der Waals surface area contributed by atoms with Crippen molar-refractivity contribution in [3.8, 4) is 17.2 Å². The van der Waals surface area contributed by atoms with Crippen LogP contribution >= 0.6 is 0 Å². The quantitative estimate of drug-likeness (QED) is 0.557. The van der Waals surface area contributed by atoms with E-state index in [4.69, 9.17) is 14.2 Å². The van der Waals surface area contributed by atoms with Crippen LogP contribution in [-0.2, 0) is 6.54 Å². The average molecular weight is 360 g/mol. The van der Waals surface area contributed by atoms with Crippen molar-refractivity contribution in [3.63, 3.8) is 0 Å². The zero-order valence-electron chi connectivity index (χ0n) is 15.0. The topological polar surface area (TPSA) is 91.1 Å². The summed E-state index contributed by atoms with van der Waals surface area (Å²) in [5.74, 6) is 1.03. The molecule has 0 bridgehead atoms. The van der Waals surface area contributed by atoms with Crippen LogP contribution in [0.15, 0.2) is 36.4 Å². The van der Waals surface area contributed by atoms with E-state index in [1.807, 2.05) is 6.07 Å². The highest BCUT2D eigenvalue weighted by Crippen LogP contribution is 2.29. The molecule has 0 unspecified atom stereocenters. The van der Waals surface area contributed by atoms with Gasteiger partial charge in [-0.2, -0.15) is 0 Å². The van der Waals surface area contributed by atoms with Crippen LogP contribution in [0.25, 0.3) is 0 Å². The van der Waals surface area contributed by atoms with Gasteiger partial charge in [0, 0.05) is 25.7 Å². The number of hydrogen-bond donors (Lipinski definition) is 0. The lowest BCUT2D eigenvalue weighted by Crippen LogP contribution is -2.26. The van der Waals surface area contributed by atoms with Crippen molar-refractivity contribution < 1.29 is 23.9 Å². The van der Waals surface area contributed by atoms with Gasteiger partial charge in [0.25, 0.3) is 11.6 Å². The number of ether oxygens (including phenoxy) is 3. The molecule has 0 aliphatic heterocycles. The normalized spacial score (nSPS) is 10.2. The van der Waals surface area contributed by atoms with E-state index < -0.39 is 4.92 Å². The molecule has 2 aromatic rings. The number of methoxy groups -OCH3 is 3. The first kappa shape index (κ1) is 19.0. The second kappa shape index (κ2) is 8.19. The van der Waals surface area contributed by atoms with Gasteiger partial charge < -0.3 is 19.1 Å². The lowest BCUT2D eigenvalue weighted by molar-refractivity contribution is -0.384. The maximum atomic E-state index is 12.7. The third-order valence-corrected chi connectivity index (χ3v) is 3.84. The highest BCUT2D eigenvalue weighted by molar-refractivity contribution is 5.97. The molecule has 0 spiro atoms. The zero-order valence-corrected chi connectivity index (χ0v) is 15.0. The van der Waals surface area contributed by atoms with Crippen LogP contribution in [0, 0.1) is 10.1 Å². The molecule has 0 fully saturated rings. The molecule has 2 rings (SSSR count). The molecule has 8 nitrogen and oxygen atoms in total. The Morgan fingerprint density at radius 3 is 2.19 bits per heavy atom. The van der Waals surface area contributed by atoms with Crippen molar-refractivity contribution in [2.75, 3.05) is 28.4 Å². The molecule has 0 N–H and O–H groups in total. The standard InChI is InChI=1S/C18H20N2O6/c1-19(11-12-5-7-16(25-3)17(9-12)26-4)18(21)14-10-13(20(22)23)6-8-15(14)24-2/h5-10H,11H2,1-4H3. The SMILES string of the molecule is COc1ccc(CN(C)C(=O)c2cc([N+](=O)[O-])ccc2OC)cc1OC. The summed E-state index contributed by atoms with van der Waals surface area (Å²) in [6.07, 6.45) is 0. The number of rotatable bonds is 7. The molecule has 0 aliphatic rings. The van der Waals surface area contributed by atoms with E-state index in [-0.39, 0.29) is 29.5 Å². The number of hydrogen-bond acceptors (Lipinski definition) is 6. The smallest absolute Gasteiger partial charge is 0.270 e. The van der Waals surface area contributed by atoms with E-state index >= 15 is 0 Å². The number of amides is 1. The van der Waals surface area contributed by atoms with Crippen LogP contribution in [-0.4, -0.2) is 44.1 Å². The first-order valence-electron chi connectivity index (χ1n) is 7.70. The van der Waals surface area contributed by atoms with Crippen LogP contribution in [0.3, 0.4) is 0 Å². The monoisotopic (exact) mass is 360 g/mol. The second-order valence-electron chi connectivity index (χ2n) is 5.49. The van der Waals surface area contributed by atoms with E-state index in [2.05, 4.69) is 0 Å². The van der Waals surface area contributed by atoms with Gasteiger partial charge in [0.05, 0.1) is 31.8 Å². The Balaban J connectivity index is 2.27. The van der Waals surface area contributed by atoms with Gasteiger partial charge in [-0.15, -0.1) is 0 Å². The fraction of sp³-hybridized carbons (Fsp3) is 0.278. The second-order valence-corrected chi connectivity index (χ2v) is 5.49. The summed E-state index contributed by atoms with van der Waals surface area (Å²) in [4.78, 5) is 24.6. The van der Waals surface area contributed by atoms with Crippen molar-refractivity contribution in [1.82, 2.24) is 4.90 Å². The van der Waals surface area contributed by atoms with Gasteiger partial charge in [-0.25, -0.2) is 0 Å². The molecular weight excluding hydrogens is 340 g/mol. The number of nitro groups is 1. The van der Waals surface area contributed by atoms with Gasteiger partial charge in [0.1, 0.15) is 5.75 Å². The number of carbonyl (C=O) groups is 1. The van der Waals surface area contributed by atoms with Crippen LogP contribution in [0.2, 0.25) is 0 Å². The van der Waals surface area contributed by atoms with E-state index in [0.717, 1.165) is 5.56 Å². The fourth-order valence-electron chi connectivity index (χ4n) is 2.51. The molecule has 26 heavy (non-hydrogen) atoms. The van der Waals surface area contributed by atoms with Crippen molar-refractivity contribution in [3.05, 3.63) is 57.6 Å². The van der Waals surface area contributed by atoms with Crippen molar-refractivity contribution >= 4 is 11.6 Å². The van der Waals surface area contributed by atoms with Crippen molar-refractivity contribution in [2.45, 2.75) is 6.54 Å². The minimum Gasteiger partial charge on any atom is -0.496 e. The number of nitro benzene ring substituents is 1. The largest absolute Gasteiger partial charge is 0.496 e. The molecular formula is C18H20N2O6. The molecule has 1 amide bonds. The maximum Gasteiger partial charge on any atom is 0.270 e. The molecule has 138 valence electrons. The predicted octanol–water partition coefficient (Wildman–Crippen LogP) is 2.89. The molecule has 0 atom stereocenters. The highest BCUT2D eigenvalue weighted by Gasteiger charge is 2.21. The van der Waals surface area contributed by atoms with Crippen LogP contribution in [0.4, 0.5) is 5.69 Å². The molecule has 2 aromatic carbocycles. The molecule has 0 aliphatic carbocycles. The Bertz CT molecular complexity index is 821. The van der Waals surface area contributed by atoms with Gasteiger partial charge in [-0.1, -0.05) is 6.07 Å². The summed E-state index contributed by atoms with van der Waals surface area (Å²) in [5.41, 5.74) is 0.779. The van der Waals surface area contributed by atoms with Gasteiger partial charge in [-0.3, -0.25) is 14.9 Å². The molecule has 8 heteroatoms. The Hall–Kier alpha value is -3.29. The van der Waals surface area contributed by atoms with Crippen molar-refractivity contribution in [2.24, 2.45) is 0 Å². The predicted molar refractivity (Wildman–Crippen MR) is 95.0 cm³/mol. The molecule has 0 saturated carbocycles. The highest BCUT2D eigenvalue weighted by atomic mass is 16.6. The third-order valence-electron chi connectivity index (χ3n) is 3.84. The maximum absolute atomic E-state index is 12.7. The average Bonchev–Trinajstić information content (AvgIpc) is 2.66. The van der Waals surface area contributed by atoms with Crippen LogP contribution in [0.1, 0.15) is 15.9 Å². The third kappa shape index (κ3) is 4.02. The first-order chi connectivity index (χ1) is 12.4. The van der Waals surface area contributed by atoms with E-state index in [9.17, 15) is 14.9 Å². The first-order valence-corrected chi connectivity index (χ1v) is 7.70. The molecule has 0 heterocycles. The lowest BCUT2D eigenvalue weighted by atomic mass is 10.1. The number of non-ortho nitro benzene ring substituents is 1. The fourth-order valence-corrected chi connectivity index (χ4v) is 2.51. The van der Waals surface area contributed by atoms with Gasteiger partial charge in [-0.05, 0) is 23.8 Å². The van der Waals surface area contributed by atoms with Crippen LogP contribution < -0.4 is 14.2 Å². The number of benzene rings is 2. The minimum absolute atomic E-state index is 0.129. The summed E-state index contributed by atoms with van der Waals surface area (Å²) < 4.78 is 15.6. The van der Waals surface area contributed by atoms with E-state index in [0.29, 0.717) is 11.5 Å². The molecule has 0 saturated heterocycles. The Morgan fingerprint density at radius 2 is 1.62 bits per heavy atom. The number of nitrogens with zero attached hydrogens (tertiary/aromatic N) is 2. The number of carbonyl (C=O) groups excluding carboxylic acids is 1. The van der Waals surface area contributed by atoms with E-state index in [1.54, 1.807) is 26.3 Å². The van der Waals surface area contributed by atoms with Gasteiger partial charge in [0.2, 0.25) is 0 Å². The van der Waals surface area contributed by atoms with E-state index in [1.165, 1.54) is 37.3 Å². The molecule has 0 aromatic heterocycles. The van der Waals surface area contributed by atoms with Crippen LogP contribution in [0.5, 0.6) is 17.2 Å². The van der Waals surface area contributed by atoms with Gasteiger partial charge >= 0.3 is 0 Å². The summed E-state index contributed by atoms with van der Waals surface area (Å²) >= 11 is 0. The Kier molecular flexibility index (Phi) is 6.00. The lowest BCUT2D eigenvalue weighted by Gasteiger charge is -2.19. The molecule has 0 radical (unpaired) electrons. The van der Waals surface area contributed by atoms with Crippen molar-refractivity contribution in [1.29, 1.82) is 0 Å². The summed E-state index contributed by atoms with van der Waals surface area (Å²) in [7, 11) is 6.09. The summed E-state index contributed by atoms with van der Waals surface area (Å²) in [6.45, 7) is 0.283. The minimum atomic E-state index is -0.551. The Morgan fingerprint density at radius 1 is 1.00 bits per heavy atom. The summed E-state index contributed by atoms with van der Waals surface area (Å²) in [6, 6.07) is 9.26.